The molecule has 4 heteroatoms. The van der Waals surface area contributed by atoms with Crippen molar-refractivity contribution in [1.82, 2.24) is 4.67 Å². The van der Waals surface area contributed by atoms with Crippen molar-refractivity contribution in [3.63, 3.8) is 0 Å². The Morgan fingerprint density at radius 1 is 1.50 bits per heavy atom. The minimum atomic E-state index is -2.60. The second-order valence-corrected chi connectivity index (χ2v) is 5.00. The van der Waals surface area contributed by atoms with Crippen molar-refractivity contribution >= 4 is 7.52 Å². The van der Waals surface area contributed by atoms with E-state index in [1.807, 2.05) is 18.5 Å². The highest BCUT2D eigenvalue weighted by Gasteiger charge is 2.26. The molecular weight excluding hydrogens is 173 g/mol. The van der Waals surface area contributed by atoms with Crippen molar-refractivity contribution in [1.29, 1.82) is 0 Å². The minimum Gasteiger partial charge on any atom is -0.321 e. The third-order valence-corrected chi connectivity index (χ3v) is 4.52. The van der Waals surface area contributed by atoms with Crippen molar-refractivity contribution in [2.45, 2.75) is 13.8 Å². The predicted molar refractivity (Wildman–Crippen MR) is 52.6 cm³/mol. The van der Waals surface area contributed by atoms with Crippen LogP contribution in [0.5, 0.6) is 0 Å². The molecule has 0 rings (SSSR count). The summed E-state index contributed by atoms with van der Waals surface area (Å²) in [6, 6.07) is 0. The fourth-order valence-corrected chi connectivity index (χ4v) is 2.92. The number of hydrogen-bond donors (Lipinski definition) is 0. The van der Waals surface area contributed by atoms with Crippen LogP contribution in [0.4, 0.5) is 0 Å². The Hall–Kier alpha value is -0.110. The molecule has 0 saturated carbocycles. The molecule has 12 heavy (non-hydrogen) atoms. The van der Waals surface area contributed by atoms with Gasteiger partial charge in [0.25, 0.3) is 7.52 Å². The molecule has 0 bridgehead atoms. The normalized spacial score (nSPS) is 16.0. The molecule has 0 aliphatic rings. The van der Waals surface area contributed by atoms with Crippen molar-refractivity contribution in [3.05, 3.63) is 12.7 Å². The van der Waals surface area contributed by atoms with Crippen LogP contribution in [0.3, 0.4) is 0 Å². The first kappa shape index (κ1) is 11.9. The third kappa shape index (κ3) is 2.74. The Balaban J connectivity index is 4.46. The van der Waals surface area contributed by atoms with E-state index in [1.54, 1.807) is 6.08 Å². The Labute approximate surface area is 74.9 Å². The summed E-state index contributed by atoms with van der Waals surface area (Å²) in [5, 5.41) is 0. The highest BCUT2D eigenvalue weighted by Crippen LogP contribution is 2.49. The smallest absolute Gasteiger partial charge is 0.275 e. The summed E-state index contributed by atoms with van der Waals surface area (Å²) in [7, 11) is -1.11. The molecule has 0 aromatic heterocycles. The van der Waals surface area contributed by atoms with Crippen LogP contribution in [-0.4, -0.2) is 31.0 Å². The molecule has 0 saturated heterocycles. The maximum atomic E-state index is 12.0. The zero-order chi connectivity index (χ0) is 9.61. The topological polar surface area (TPSA) is 29.5 Å². The van der Waals surface area contributed by atoms with Crippen LogP contribution in [0.15, 0.2) is 12.7 Å². The molecule has 0 spiro atoms. The summed E-state index contributed by atoms with van der Waals surface area (Å²) in [5.74, 6) is 0. The van der Waals surface area contributed by atoms with Crippen LogP contribution in [0.1, 0.15) is 13.8 Å². The largest absolute Gasteiger partial charge is 0.321 e. The van der Waals surface area contributed by atoms with Crippen LogP contribution in [-0.2, 0) is 9.09 Å². The summed E-state index contributed by atoms with van der Waals surface area (Å²) < 4.78 is 18.9. The van der Waals surface area contributed by atoms with Gasteiger partial charge in [0, 0.05) is 20.2 Å². The summed E-state index contributed by atoms with van der Waals surface area (Å²) in [5.41, 5.74) is 0. The number of nitrogens with zero attached hydrogens (tertiary/aromatic N) is 1. The molecule has 72 valence electrons. The highest BCUT2D eigenvalue weighted by atomic mass is 31.2. The fraction of sp³-hybridized carbons (Fsp3) is 0.750. The van der Waals surface area contributed by atoms with Crippen molar-refractivity contribution in [3.8, 4) is 0 Å². The molecule has 0 aromatic carbocycles. The van der Waals surface area contributed by atoms with Crippen LogP contribution < -0.4 is 0 Å². The van der Waals surface area contributed by atoms with E-state index >= 15 is 0 Å². The van der Waals surface area contributed by atoms with Crippen LogP contribution in [0.2, 0.25) is 0 Å². The van der Waals surface area contributed by atoms with Gasteiger partial charge >= 0.3 is 0 Å². The molecule has 0 radical (unpaired) electrons. The van der Waals surface area contributed by atoms with Gasteiger partial charge < -0.3 is 4.52 Å². The van der Waals surface area contributed by atoms with E-state index in [-0.39, 0.29) is 0 Å². The van der Waals surface area contributed by atoms with E-state index in [4.69, 9.17) is 4.52 Å². The Kier molecular flexibility index (Phi) is 5.47. The van der Waals surface area contributed by atoms with Gasteiger partial charge in [-0.3, -0.25) is 4.57 Å². The second-order valence-electron chi connectivity index (χ2n) is 2.43. The average molecular weight is 191 g/mol. The maximum Gasteiger partial charge on any atom is 0.275 e. The lowest BCUT2D eigenvalue weighted by molar-refractivity contribution is 0.319. The summed E-state index contributed by atoms with van der Waals surface area (Å²) in [6.07, 6.45) is 2.06. The first-order valence-electron chi connectivity index (χ1n) is 4.15. The third-order valence-electron chi connectivity index (χ3n) is 1.81. The lowest BCUT2D eigenvalue weighted by Gasteiger charge is -2.26. The zero-order valence-electron chi connectivity index (χ0n) is 8.12. The summed E-state index contributed by atoms with van der Waals surface area (Å²) in [6.45, 7) is 9.00. The molecule has 0 fully saturated rings. The van der Waals surface area contributed by atoms with Crippen LogP contribution >= 0.6 is 7.52 Å². The van der Waals surface area contributed by atoms with Gasteiger partial charge in [0.1, 0.15) is 0 Å². The standard InChI is InChI=1S/C8H18NO2P/c1-5-8-12(10,11-4)9(6-2)7-3/h5H,1,6-8H2,2-4H3. The highest BCUT2D eigenvalue weighted by molar-refractivity contribution is 7.56. The first-order chi connectivity index (χ1) is 5.64. The van der Waals surface area contributed by atoms with Gasteiger partial charge in [-0.1, -0.05) is 19.9 Å². The first-order valence-corrected chi connectivity index (χ1v) is 5.92. The van der Waals surface area contributed by atoms with Crippen LogP contribution in [0.25, 0.3) is 0 Å². The van der Waals surface area contributed by atoms with Gasteiger partial charge in [-0.2, -0.15) is 0 Å². The van der Waals surface area contributed by atoms with E-state index in [0.29, 0.717) is 6.16 Å². The maximum absolute atomic E-state index is 12.0. The van der Waals surface area contributed by atoms with E-state index < -0.39 is 7.52 Å². The number of rotatable bonds is 6. The molecule has 0 N–H and O–H groups in total. The predicted octanol–water partition coefficient (Wildman–Crippen LogP) is 2.35. The molecule has 0 aliphatic carbocycles. The molecule has 0 amide bonds. The summed E-state index contributed by atoms with van der Waals surface area (Å²) >= 11 is 0. The van der Waals surface area contributed by atoms with Crippen molar-refractivity contribution < 1.29 is 9.09 Å². The van der Waals surface area contributed by atoms with Gasteiger partial charge in [0.15, 0.2) is 0 Å². The lowest BCUT2D eigenvalue weighted by Crippen LogP contribution is -2.21. The Morgan fingerprint density at radius 3 is 2.25 bits per heavy atom. The van der Waals surface area contributed by atoms with Gasteiger partial charge in [-0.05, 0) is 0 Å². The fourth-order valence-electron chi connectivity index (χ4n) is 1.12. The van der Waals surface area contributed by atoms with Crippen molar-refractivity contribution in [2.24, 2.45) is 0 Å². The molecule has 3 nitrogen and oxygen atoms in total. The SMILES string of the molecule is C=CCP(=O)(OC)N(CC)CC. The molecule has 0 aliphatic heterocycles. The zero-order valence-corrected chi connectivity index (χ0v) is 9.01. The minimum absolute atomic E-state index is 0.422. The second kappa shape index (κ2) is 5.52. The molecule has 0 heterocycles. The number of allylic oxidation sites excluding steroid dienone is 1. The van der Waals surface area contributed by atoms with Gasteiger partial charge in [0.2, 0.25) is 0 Å². The van der Waals surface area contributed by atoms with Gasteiger partial charge in [-0.25, -0.2) is 4.67 Å². The quantitative estimate of drug-likeness (QED) is 0.476. The molecular formula is C8H18NO2P. The average Bonchev–Trinajstić information content (AvgIpc) is 2.07. The monoisotopic (exact) mass is 191 g/mol. The van der Waals surface area contributed by atoms with Crippen molar-refractivity contribution in [2.75, 3.05) is 26.4 Å². The molecule has 1 unspecified atom stereocenters. The van der Waals surface area contributed by atoms with Gasteiger partial charge in [-0.15, -0.1) is 6.58 Å². The molecule has 0 aromatic rings. The Bertz CT molecular complexity index is 178. The van der Waals surface area contributed by atoms with E-state index in [0.717, 1.165) is 13.1 Å². The number of hydrogen-bond acceptors (Lipinski definition) is 2. The van der Waals surface area contributed by atoms with E-state index in [1.165, 1.54) is 7.11 Å². The molecule has 1 atom stereocenters. The van der Waals surface area contributed by atoms with E-state index in [9.17, 15) is 4.57 Å². The Morgan fingerprint density at radius 2 is 2.00 bits per heavy atom. The lowest BCUT2D eigenvalue weighted by atomic mass is 10.7. The van der Waals surface area contributed by atoms with Gasteiger partial charge in [0.05, 0.1) is 6.16 Å². The summed E-state index contributed by atoms with van der Waals surface area (Å²) in [4.78, 5) is 0. The van der Waals surface area contributed by atoms with Crippen LogP contribution in [0, 0.1) is 0 Å². The van der Waals surface area contributed by atoms with E-state index in [2.05, 4.69) is 6.58 Å².